The van der Waals surface area contributed by atoms with Crippen LogP contribution in [0, 0.1) is 5.41 Å². The van der Waals surface area contributed by atoms with Gasteiger partial charge in [-0.2, -0.15) is 0 Å². The van der Waals surface area contributed by atoms with E-state index in [-0.39, 0.29) is 0 Å². The Hall–Kier alpha value is -7.08. The van der Waals surface area contributed by atoms with Gasteiger partial charge in [-0.05, 0) is 74.1 Å². The average Bonchev–Trinajstić information content (AvgIpc) is 3.94. The number of hydrogen-bond acceptors (Lipinski definition) is 4. The van der Waals surface area contributed by atoms with Crippen molar-refractivity contribution < 1.29 is 4.42 Å². The third-order valence-corrected chi connectivity index (χ3v) is 12.3. The highest BCUT2D eigenvalue weighted by Crippen LogP contribution is 2.45. The van der Waals surface area contributed by atoms with E-state index >= 15 is 0 Å². The lowest BCUT2D eigenvalue weighted by atomic mass is 9.91. The first-order valence-corrected chi connectivity index (χ1v) is 19.3. The monoisotopic (exact) mass is 719 g/mol. The van der Waals surface area contributed by atoms with Gasteiger partial charge in [-0.3, -0.25) is 9.98 Å². The van der Waals surface area contributed by atoms with Gasteiger partial charge in [0.2, 0.25) is 0 Å². The zero-order valence-electron chi connectivity index (χ0n) is 29.4. The molecular formula is C50H29N3OS. The number of furan rings is 1. The van der Waals surface area contributed by atoms with Gasteiger partial charge >= 0.3 is 0 Å². The molecule has 0 spiro atoms. The van der Waals surface area contributed by atoms with Gasteiger partial charge in [0.15, 0.2) is 5.84 Å². The van der Waals surface area contributed by atoms with Gasteiger partial charge < -0.3 is 4.42 Å². The van der Waals surface area contributed by atoms with Crippen molar-refractivity contribution in [2.75, 3.05) is 0 Å². The fourth-order valence-corrected chi connectivity index (χ4v) is 9.76. The van der Waals surface area contributed by atoms with Crippen molar-refractivity contribution >= 4 is 125 Å². The highest BCUT2D eigenvalue weighted by Gasteiger charge is 2.25. The molecule has 4 nitrogen and oxygen atoms in total. The van der Waals surface area contributed by atoms with Gasteiger partial charge in [0.05, 0.1) is 16.7 Å². The summed E-state index contributed by atoms with van der Waals surface area (Å²) < 4.78 is 9.74. The van der Waals surface area contributed by atoms with Crippen LogP contribution >= 0.6 is 11.3 Å². The summed E-state index contributed by atoms with van der Waals surface area (Å²) in [5, 5.41) is 27.4. The molecule has 3 heterocycles. The smallest absolute Gasteiger partial charge is 0.164 e. The maximum atomic E-state index is 10.1. The van der Waals surface area contributed by atoms with Gasteiger partial charge in [-0.1, -0.05) is 127 Å². The van der Waals surface area contributed by atoms with E-state index < -0.39 is 0 Å². The molecule has 0 unspecified atom stereocenters. The number of rotatable bonds is 3. The highest BCUT2D eigenvalue weighted by molar-refractivity contribution is 7.17. The second-order valence-corrected chi connectivity index (χ2v) is 15.1. The van der Waals surface area contributed by atoms with Crippen LogP contribution in [-0.2, 0) is 0 Å². The van der Waals surface area contributed by atoms with Crippen molar-refractivity contribution in [2.45, 2.75) is 0 Å². The van der Waals surface area contributed by atoms with E-state index in [1.165, 1.54) is 43.1 Å². The van der Waals surface area contributed by atoms with Crippen LogP contribution in [0.5, 0.6) is 0 Å². The molecule has 55 heavy (non-hydrogen) atoms. The standard InChI is InChI=1S/C50H29N3OS/c51-49(30-21-23-36-35-16-7-9-19-43(35)54-44(36)27-30)50(52-40-28-55-45-20-10-8-18-39(40)45)53-41-25-22-29-11-1-2-12-31(29)47(41)48-42(53)26-24-38-34-15-4-3-13-32(34)33-14-5-6-17-37(33)46(38)48/h1-28,51H. The summed E-state index contributed by atoms with van der Waals surface area (Å²) >= 11 is 1.68. The Kier molecular flexibility index (Phi) is 6.33. The number of para-hydroxylation sites is 1. The van der Waals surface area contributed by atoms with E-state index in [0.29, 0.717) is 11.5 Å². The number of aromatic nitrogens is 1. The molecule has 0 aliphatic heterocycles. The van der Waals surface area contributed by atoms with Crippen LogP contribution in [0.4, 0.5) is 5.69 Å². The van der Waals surface area contributed by atoms with Crippen molar-refractivity contribution in [2.24, 2.45) is 4.99 Å². The van der Waals surface area contributed by atoms with E-state index in [9.17, 15) is 5.41 Å². The third kappa shape index (κ3) is 4.33. The minimum atomic E-state index is 0.313. The lowest BCUT2D eigenvalue weighted by molar-refractivity contribution is 0.669. The fourth-order valence-electron chi connectivity index (χ4n) is 8.88. The Morgan fingerprint density at radius 3 is 1.89 bits per heavy atom. The van der Waals surface area contributed by atoms with Crippen LogP contribution < -0.4 is 0 Å². The normalized spacial score (nSPS) is 12.5. The molecular weight excluding hydrogens is 691 g/mol. The van der Waals surface area contributed by atoms with Crippen LogP contribution in [0.25, 0.3) is 96.9 Å². The summed E-state index contributed by atoms with van der Waals surface area (Å²) in [6.07, 6.45) is 0. The minimum absolute atomic E-state index is 0.313. The molecule has 5 heteroatoms. The lowest BCUT2D eigenvalue weighted by Crippen LogP contribution is -2.23. The van der Waals surface area contributed by atoms with Crippen LogP contribution in [0.1, 0.15) is 5.56 Å². The molecule has 12 rings (SSSR count). The lowest BCUT2D eigenvalue weighted by Gasteiger charge is -2.15. The molecule has 1 N–H and O–H groups in total. The van der Waals surface area contributed by atoms with E-state index in [2.05, 4.69) is 143 Å². The number of benzene rings is 9. The first kappa shape index (κ1) is 30.4. The van der Waals surface area contributed by atoms with E-state index in [4.69, 9.17) is 9.41 Å². The first-order chi connectivity index (χ1) is 27.2. The van der Waals surface area contributed by atoms with Gasteiger partial charge in [0.25, 0.3) is 0 Å². The molecule has 0 fully saturated rings. The number of thiophene rings is 1. The highest BCUT2D eigenvalue weighted by atomic mass is 32.1. The number of aliphatic imine (C=N–C) groups is 1. The summed E-state index contributed by atoms with van der Waals surface area (Å²) in [6, 6.07) is 57.7. The predicted octanol–water partition coefficient (Wildman–Crippen LogP) is 14.2. The summed E-state index contributed by atoms with van der Waals surface area (Å²) in [5.41, 5.74) is 5.49. The van der Waals surface area contributed by atoms with Crippen molar-refractivity contribution in [3.05, 3.63) is 175 Å². The Bertz CT molecular complexity index is 3600. The van der Waals surface area contributed by atoms with Crippen LogP contribution in [0.15, 0.2) is 179 Å². The zero-order valence-corrected chi connectivity index (χ0v) is 30.2. The number of nitrogens with one attached hydrogen (secondary N) is 1. The topological polar surface area (TPSA) is 54.3 Å². The maximum Gasteiger partial charge on any atom is 0.164 e. The molecule has 9 aromatic carbocycles. The molecule has 3 aromatic heterocycles. The van der Waals surface area contributed by atoms with Crippen LogP contribution in [-0.4, -0.2) is 16.1 Å². The molecule has 0 amide bonds. The molecule has 0 radical (unpaired) electrons. The molecule has 0 aliphatic carbocycles. The second-order valence-electron chi connectivity index (χ2n) is 14.2. The largest absolute Gasteiger partial charge is 0.456 e. The van der Waals surface area contributed by atoms with Crippen molar-refractivity contribution in [3.63, 3.8) is 0 Å². The number of nitrogens with zero attached hydrogens (tertiary/aromatic N) is 2. The SMILES string of the molecule is N=C(C(=Nc1csc2ccccc12)n1c2ccc3ccccc3c2c2c3c4ccccc4c4ccccc4c3ccc21)c1ccc2c(c1)oc1ccccc12. The molecule has 12 aromatic rings. The Balaban J connectivity index is 1.24. The molecule has 0 bridgehead atoms. The molecule has 0 atom stereocenters. The minimum Gasteiger partial charge on any atom is -0.456 e. The maximum absolute atomic E-state index is 10.1. The van der Waals surface area contributed by atoms with E-state index in [1.807, 2.05) is 30.3 Å². The Morgan fingerprint density at radius 2 is 1.07 bits per heavy atom. The van der Waals surface area contributed by atoms with Crippen LogP contribution in [0.3, 0.4) is 0 Å². The summed E-state index contributed by atoms with van der Waals surface area (Å²) in [6.45, 7) is 0. The summed E-state index contributed by atoms with van der Waals surface area (Å²) in [5.74, 6) is 0.554. The van der Waals surface area contributed by atoms with Crippen molar-refractivity contribution in [1.82, 2.24) is 4.57 Å². The summed E-state index contributed by atoms with van der Waals surface area (Å²) in [7, 11) is 0. The fraction of sp³-hybridized carbons (Fsp3) is 0. The summed E-state index contributed by atoms with van der Waals surface area (Å²) in [4.78, 5) is 5.50. The molecule has 256 valence electrons. The van der Waals surface area contributed by atoms with Crippen LogP contribution in [0.2, 0.25) is 0 Å². The Morgan fingerprint density at radius 1 is 0.491 bits per heavy atom. The predicted molar refractivity (Wildman–Crippen MR) is 234 cm³/mol. The third-order valence-electron chi connectivity index (χ3n) is 11.3. The quantitative estimate of drug-likeness (QED) is 0.110. The zero-order chi connectivity index (χ0) is 36.2. The molecule has 0 aliphatic rings. The van der Waals surface area contributed by atoms with Crippen molar-refractivity contribution in [3.8, 4) is 0 Å². The van der Waals surface area contributed by atoms with Gasteiger partial charge in [0.1, 0.15) is 16.9 Å². The van der Waals surface area contributed by atoms with Gasteiger partial charge in [-0.25, -0.2) is 4.99 Å². The average molecular weight is 720 g/mol. The van der Waals surface area contributed by atoms with E-state index in [1.54, 1.807) is 11.3 Å². The molecule has 0 saturated heterocycles. The van der Waals surface area contributed by atoms with Gasteiger partial charge in [0, 0.05) is 48.0 Å². The molecule has 0 saturated carbocycles. The first-order valence-electron chi connectivity index (χ1n) is 18.5. The number of fused-ring (bicyclic) bond motifs is 16. The van der Waals surface area contributed by atoms with Crippen molar-refractivity contribution in [1.29, 1.82) is 5.41 Å². The second kappa shape index (κ2) is 11.5. The number of hydrogen-bond donors (Lipinski definition) is 1. The van der Waals surface area contributed by atoms with E-state index in [0.717, 1.165) is 65.1 Å². The Labute approximate surface area is 318 Å². The van der Waals surface area contributed by atoms with Gasteiger partial charge in [-0.15, -0.1) is 11.3 Å².